The van der Waals surface area contributed by atoms with E-state index in [1.807, 2.05) is 0 Å². The third-order valence-electron chi connectivity index (χ3n) is 26.8. The number of benzene rings is 2. The molecule has 2 amide bonds. The zero-order valence-corrected chi connectivity index (χ0v) is 77.8. The van der Waals surface area contributed by atoms with Crippen LogP contribution in [0.15, 0.2) is 54.7 Å². The number of carbonyl (C=O) groups is 10. The van der Waals surface area contributed by atoms with Gasteiger partial charge in [-0.05, 0) is 242 Å². The molecule has 0 radical (unpaired) electrons. The molecule has 0 bridgehead atoms. The number of alkyl halides is 18. The number of carbonyl (C=O) groups excluding carboxylic acids is 9. The molecular formula is C93H100F21LiN12O17. The Kier molecular flexibility index (Phi) is 35.3. The summed E-state index contributed by atoms with van der Waals surface area (Å²) in [7, 11) is 0. The predicted octanol–water partition coefficient (Wildman–Crippen LogP) is 12.1. The fourth-order valence-corrected chi connectivity index (χ4v) is 20.1. The summed E-state index contributed by atoms with van der Waals surface area (Å²) >= 11 is 0. The fourth-order valence-electron chi connectivity index (χ4n) is 20.1. The summed E-state index contributed by atoms with van der Waals surface area (Å²) in [6.07, 6.45) is -13.5. The Labute approximate surface area is 818 Å². The Balaban J connectivity index is 0.000000166. The summed E-state index contributed by atoms with van der Waals surface area (Å²) in [4.78, 5) is 115. The van der Waals surface area contributed by atoms with E-state index in [1.54, 1.807) is 32.9 Å². The fraction of sp³-hybridized carbons (Fsp3) is 0.581. The van der Waals surface area contributed by atoms with Crippen LogP contribution in [0.3, 0.4) is 0 Å². The largest absolute Gasteiger partial charge is 1.00 e. The van der Waals surface area contributed by atoms with E-state index in [4.69, 9.17) is 26.4 Å². The van der Waals surface area contributed by atoms with E-state index in [0.717, 1.165) is 101 Å². The number of fused-ring (bicyclic) bond motifs is 15. The van der Waals surface area contributed by atoms with Gasteiger partial charge in [-0.15, -0.1) is 0 Å². The van der Waals surface area contributed by atoms with E-state index in [1.165, 1.54) is 42.8 Å². The molecule has 0 spiro atoms. The summed E-state index contributed by atoms with van der Waals surface area (Å²) in [5.41, 5.74) is 10.4. The number of ether oxygens (including phenoxy) is 4. The number of halogens is 21. The van der Waals surface area contributed by atoms with Gasteiger partial charge in [0.1, 0.15) is 60.9 Å². The number of pyridine rings is 1. The molecule has 14 aliphatic rings. The van der Waals surface area contributed by atoms with Gasteiger partial charge >= 0.3 is 85.8 Å². The van der Waals surface area contributed by atoms with Crippen LogP contribution >= 0.6 is 0 Å². The number of aliphatic hydroxyl groups is 1. The molecule has 8 N–H and O–H groups in total. The summed E-state index contributed by atoms with van der Waals surface area (Å²) in [5.74, 6) is -8.23. The molecule has 14 aliphatic carbocycles. The predicted molar refractivity (Wildman–Crippen MR) is 450 cm³/mol. The number of hydrogen-bond acceptors (Lipinski definition) is 22. The third kappa shape index (κ3) is 27.7. The first-order chi connectivity index (χ1) is 66.5. The van der Waals surface area contributed by atoms with Crippen LogP contribution < -0.4 is 35.6 Å². The van der Waals surface area contributed by atoms with E-state index in [-0.39, 0.29) is 151 Å². The van der Waals surface area contributed by atoms with Crippen molar-refractivity contribution < 1.29 is 194 Å². The number of carboxylic acid groups (broad SMARTS) is 1. The molecule has 21 rings (SSSR count). The van der Waals surface area contributed by atoms with Crippen molar-refractivity contribution in [2.75, 3.05) is 33.0 Å². The molecule has 10 saturated carbocycles. The number of hydrogen-bond donors (Lipinski definition) is 5. The smallest absolute Gasteiger partial charge is 0.870 e. The Morgan fingerprint density at radius 2 is 0.958 bits per heavy atom. The number of aromatic nitrogens is 9. The maximum Gasteiger partial charge on any atom is 1.00 e. The number of carboxylic acids is 1. The summed E-state index contributed by atoms with van der Waals surface area (Å²) in [6.45, 7) is 5.51. The molecular weight excluding hydrogens is 1960 g/mol. The first-order valence-electron chi connectivity index (χ1n) is 45.9. The van der Waals surface area contributed by atoms with Crippen LogP contribution in [0.25, 0.3) is 11.1 Å². The standard InChI is InChI=1S/C30H23F6N5O2.2C12H13F3N2O2.C10H9F3N2O2.C8H7F3O2.C6H10O.C6H8O.C5H11NO2.C4H5F3O2.Li.H2O/c31-17-6-14(7-18(32)12-17)8-23(27-19(2-1-5-38-27)15-3-4-22(33)21(9-15)29(37)43)39-25(42)13-41-24-11-16-10-20(16)26(24)28(40-41)30(34,35)36;1-2-19-9(18)5-17-8-4-6-3-7(6)10(8)11(16-17)12(13,14)15;1-2-19-9(18)5-17-11(12(13,14)15)10-7-3-6(7)4-8(10)16-17;11-10(12,13)9-8-5-1-4(5)2-6(8)15(14-9)3-7(16)17;9-8(10,11)7(13)6-4-1-3(4)2-5(6)12;2*7-6-2-4-1-5(4)3-6;1-2-8-5(7)3-4-6;1-2-9-3(8)4(5,6)7;;/h1-7,9,12,16,20,23H,8,10-11,13H2,(H2,37,43)(H,39,42);2*6-7H,2-5H2,1H3;4-5H,1-3H2,(H,16,17);3-4,6H,1-2H2;4-7H,1-3H2;4-5H,1-3H2;2-4,6H2,1H3;2H2,1H3;;1H2/q;;;;;;;;;+1;/p-1/t16?,20?,23-;;;;;;;;;;/m0........../s1. The van der Waals surface area contributed by atoms with Crippen LogP contribution in [0, 0.1) is 82.5 Å². The number of nitrogens with one attached hydrogen (secondary N) is 1. The van der Waals surface area contributed by atoms with E-state index in [9.17, 15) is 140 Å². The van der Waals surface area contributed by atoms with Gasteiger partial charge in [-0.2, -0.15) is 99.4 Å². The first kappa shape index (κ1) is 113. The topological polar surface area (TPSA) is 426 Å². The van der Waals surface area contributed by atoms with Gasteiger partial charge in [0.05, 0.1) is 67.9 Å². The third-order valence-corrected chi connectivity index (χ3v) is 26.8. The zero-order chi connectivity index (χ0) is 104. The number of amides is 2. The molecule has 15 unspecified atom stereocenters. The number of aliphatic carboxylic acids is 1. The van der Waals surface area contributed by atoms with Crippen molar-refractivity contribution in [3.05, 3.63) is 157 Å². The second kappa shape index (κ2) is 45.0. The molecule has 0 saturated heterocycles. The maximum absolute atomic E-state index is 14.2. The number of esters is 4. The van der Waals surface area contributed by atoms with Crippen molar-refractivity contribution in [1.82, 2.24) is 49.4 Å². The molecule has 51 heteroatoms. The Morgan fingerprint density at radius 1 is 0.500 bits per heavy atom. The number of rotatable bonds is 21. The number of Topliss-reactive ketones (excluding diaryl/α,β-unsaturated/α-hetero) is 3. The molecule has 2 aromatic carbocycles. The number of primary amides is 1. The van der Waals surface area contributed by atoms with Crippen LogP contribution in [0.4, 0.5) is 92.2 Å². The molecule has 7 aromatic rings. The van der Waals surface area contributed by atoms with Gasteiger partial charge in [0.25, 0.3) is 5.91 Å². The normalized spacial score (nSPS) is 24.2. The molecule has 782 valence electrons. The van der Waals surface area contributed by atoms with Gasteiger partial charge in [-0.25, -0.2) is 22.6 Å². The monoisotopic (exact) mass is 2060 g/mol. The van der Waals surface area contributed by atoms with Crippen molar-refractivity contribution in [2.45, 2.75) is 242 Å². The number of ketones is 3. The maximum atomic E-state index is 14.2. The minimum absolute atomic E-state index is 0. The minimum Gasteiger partial charge on any atom is -0.870 e. The molecule has 10 fully saturated rings. The number of nitrogens with zero attached hydrogens (tertiary/aromatic N) is 9. The average Bonchev–Trinajstić information content (AvgIpc) is 1.56. The van der Waals surface area contributed by atoms with Crippen molar-refractivity contribution in [1.29, 1.82) is 0 Å². The second-order valence-corrected chi connectivity index (χ2v) is 37.1. The molecule has 5 aromatic heterocycles. The SMILES string of the molecule is CCOC(=O)C(F)(F)F.CCOC(=O)CCN.CCOC(=O)Cn1nc(C(F)(F)F)c2c1CC1CC21.CCOC(=O)Cn1nc2c(c1C(F)(F)F)C1CC1C2.NC(=O)c1cc(-c2cccnc2[C@H](Cc2cc(F)cc(F)c2)NC(=O)Cn2nc(C(F)(F)F)c3c2CC2CC32)ccc1F.O=C(O)Cn1nc(C(F)(F)F)c2c1CC1CC21.O=C1CC2CC2C1.O=C1CC2CC2C1C(=O)C(F)(F)F.OC1CC2CC2C1.[Li+].[OH-]. The van der Waals surface area contributed by atoms with Crippen molar-refractivity contribution in [3.8, 4) is 11.1 Å². The summed E-state index contributed by atoms with van der Waals surface area (Å²) in [6, 6.07) is 8.59. The van der Waals surface area contributed by atoms with Gasteiger partial charge in [0.15, 0.2) is 17.1 Å². The molecule has 5 heterocycles. The van der Waals surface area contributed by atoms with E-state index >= 15 is 0 Å². The first-order valence-corrected chi connectivity index (χ1v) is 45.9. The molecule has 144 heavy (non-hydrogen) atoms. The number of nitrogens with two attached hydrogens (primary N) is 2. The van der Waals surface area contributed by atoms with Gasteiger partial charge in [0, 0.05) is 83.0 Å². The second-order valence-electron chi connectivity index (χ2n) is 37.1. The minimum atomic E-state index is -4.85. The van der Waals surface area contributed by atoms with E-state index in [0.29, 0.717) is 127 Å². The zero-order valence-electron chi connectivity index (χ0n) is 77.8. The summed E-state index contributed by atoms with van der Waals surface area (Å²) in [5, 5.41) is 35.0. The van der Waals surface area contributed by atoms with Crippen molar-refractivity contribution in [2.24, 2.45) is 76.6 Å². The number of aliphatic hydroxyl groups excluding tert-OH is 1. The van der Waals surface area contributed by atoms with E-state index in [2.05, 4.69) is 44.9 Å². The molecule has 16 atom stereocenters. The van der Waals surface area contributed by atoms with Gasteiger partial charge in [-0.1, -0.05) is 12.1 Å². The molecule has 0 aliphatic heterocycles. The van der Waals surface area contributed by atoms with Crippen molar-refractivity contribution >= 4 is 59.0 Å². The van der Waals surface area contributed by atoms with Crippen LogP contribution in [0.1, 0.15) is 230 Å². The van der Waals surface area contributed by atoms with Crippen LogP contribution in [0.2, 0.25) is 0 Å². The van der Waals surface area contributed by atoms with Gasteiger partial charge in [0.2, 0.25) is 11.7 Å². The Hall–Kier alpha value is -11.3. The Morgan fingerprint density at radius 3 is 1.36 bits per heavy atom. The Bertz CT molecular complexity index is 5880. The van der Waals surface area contributed by atoms with Crippen LogP contribution in [-0.2, 0) is 145 Å². The van der Waals surface area contributed by atoms with Crippen LogP contribution in [-0.4, -0.2) is 170 Å². The van der Waals surface area contributed by atoms with Gasteiger partial charge < -0.3 is 51.4 Å². The quantitative estimate of drug-likeness (QED) is 0.0147. The van der Waals surface area contributed by atoms with Crippen molar-refractivity contribution in [3.63, 3.8) is 0 Å². The van der Waals surface area contributed by atoms with E-state index < -0.39 is 156 Å². The average molecular weight is 2060 g/mol. The molecule has 29 nitrogen and oxygen atoms in total. The van der Waals surface area contributed by atoms with Crippen LogP contribution in [0.5, 0.6) is 0 Å². The summed E-state index contributed by atoms with van der Waals surface area (Å²) < 4.78 is 291. The van der Waals surface area contributed by atoms with Gasteiger partial charge in [-0.3, -0.25) is 62.2 Å².